The number of alkyl halides is 6. The predicted octanol–water partition coefficient (Wildman–Crippen LogP) is 6.99. The maximum atomic E-state index is 5.56. The summed E-state index contributed by atoms with van der Waals surface area (Å²) in [5.41, 5.74) is 0. The van der Waals surface area contributed by atoms with Crippen LogP contribution in [0, 0.1) is 0 Å². The van der Waals surface area contributed by atoms with Gasteiger partial charge in [-0.1, -0.05) is 39.0 Å². The van der Waals surface area contributed by atoms with Gasteiger partial charge in [0.25, 0.3) is 0 Å². The molecule has 0 nitrogen and oxygen atoms in total. The normalized spacial score (nSPS) is 9.00. The lowest BCUT2D eigenvalue weighted by Gasteiger charge is -1.99. The van der Waals surface area contributed by atoms with Crippen LogP contribution >= 0.6 is 69.6 Å². The van der Waals surface area contributed by atoms with E-state index in [9.17, 15) is 0 Å². The largest absolute Gasteiger partial charge is 0.109 e. The number of hydrogen-bond donors (Lipinski definition) is 0. The molecule has 0 saturated carbocycles. The SMILES string of the molecule is CCCCCCCC(Cl)Cl.ClCCl.ClCCl. The predicted molar refractivity (Wildman–Crippen MR) is 82.0 cm³/mol. The Morgan fingerprint density at radius 1 is 0.750 bits per heavy atom. The molecule has 0 amide bonds. The Labute approximate surface area is 130 Å². The van der Waals surface area contributed by atoms with E-state index in [1.165, 1.54) is 32.1 Å². The van der Waals surface area contributed by atoms with E-state index in [0.29, 0.717) is 0 Å². The average molecular weight is 353 g/mol. The minimum Gasteiger partial charge on any atom is -0.109 e. The third-order valence-electron chi connectivity index (χ3n) is 1.53. The molecule has 0 spiro atoms. The van der Waals surface area contributed by atoms with Crippen molar-refractivity contribution in [3.05, 3.63) is 0 Å². The highest BCUT2D eigenvalue weighted by Gasteiger charge is 1.96. The first-order valence-electron chi connectivity index (χ1n) is 5.12. The maximum Gasteiger partial charge on any atom is 0.107 e. The van der Waals surface area contributed by atoms with Crippen molar-refractivity contribution in [1.82, 2.24) is 0 Å². The van der Waals surface area contributed by atoms with Gasteiger partial charge in [0.15, 0.2) is 0 Å². The Balaban J connectivity index is -0.000000235. The van der Waals surface area contributed by atoms with Crippen LogP contribution in [-0.2, 0) is 0 Å². The Bertz CT molecular complexity index is 87.4. The van der Waals surface area contributed by atoms with Crippen LogP contribution in [0.5, 0.6) is 0 Å². The van der Waals surface area contributed by atoms with E-state index in [0.717, 1.165) is 6.42 Å². The van der Waals surface area contributed by atoms with Crippen molar-refractivity contribution in [1.29, 1.82) is 0 Å². The van der Waals surface area contributed by atoms with Gasteiger partial charge in [-0.05, 0) is 6.42 Å². The minimum absolute atomic E-state index is 0.151. The molecule has 0 bridgehead atoms. The quantitative estimate of drug-likeness (QED) is 0.356. The first-order valence-corrected chi connectivity index (χ1v) is 8.13. The lowest BCUT2D eigenvalue weighted by atomic mass is 10.1. The molecule has 102 valence electrons. The van der Waals surface area contributed by atoms with E-state index in [4.69, 9.17) is 69.6 Å². The molecule has 0 atom stereocenters. The monoisotopic (exact) mass is 350 g/mol. The molecule has 0 aromatic heterocycles. The fraction of sp³-hybridized carbons (Fsp3) is 1.00. The van der Waals surface area contributed by atoms with Crippen molar-refractivity contribution in [2.24, 2.45) is 0 Å². The highest BCUT2D eigenvalue weighted by atomic mass is 35.5. The van der Waals surface area contributed by atoms with Crippen molar-refractivity contribution < 1.29 is 0 Å². The summed E-state index contributed by atoms with van der Waals surface area (Å²) in [7, 11) is 0. The van der Waals surface area contributed by atoms with Gasteiger partial charge in [0.1, 0.15) is 4.84 Å². The first kappa shape index (κ1) is 22.9. The fourth-order valence-corrected chi connectivity index (χ4v) is 1.21. The summed E-state index contributed by atoms with van der Waals surface area (Å²) in [6.07, 6.45) is 7.38. The molecule has 0 radical (unpaired) electrons. The van der Waals surface area contributed by atoms with E-state index in [1.54, 1.807) is 0 Å². The second kappa shape index (κ2) is 25.6. The molecule has 0 aliphatic carbocycles. The van der Waals surface area contributed by atoms with Crippen LogP contribution in [0.1, 0.15) is 45.4 Å². The highest BCUT2D eigenvalue weighted by Crippen LogP contribution is 2.13. The van der Waals surface area contributed by atoms with Gasteiger partial charge in [-0.2, -0.15) is 0 Å². The lowest BCUT2D eigenvalue weighted by molar-refractivity contribution is 0.620. The van der Waals surface area contributed by atoms with Gasteiger partial charge in [0.05, 0.1) is 10.7 Å². The van der Waals surface area contributed by atoms with Crippen LogP contribution in [0.25, 0.3) is 0 Å². The first-order chi connectivity index (χ1) is 7.60. The molecule has 0 fully saturated rings. The van der Waals surface area contributed by atoms with Crippen LogP contribution in [-0.4, -0.2) is 15.5 Å². The Kier molecular flexibility index (Phi) is 36.5. The van der Waals surface area contributed by atoms with E-state index < -0.39 is 0 Å². The molecule has 0 aliphatic rings. The molecular formula is C10H20Cl6. The number of halogens is 6. The fourth-order valence-electron chi connectivity index (χ4n) is 0.902. The molecule has 0 heterocycles. The summed E-state index contributed by atoms with van der Waals surface area (Å²) in [5, 5.41) is 0.389. The molecule has 0 saturated heterocycles. The zero-order valence-corrected chi connectivity index (χ0v) is 14.0. The molecular weight excluding hydrogens is 333 g/mol. The molecule has 0 unspecified atom stereocenters. The zero-order chi connectivity index (χ0) is 13.2. The van der Waals surface area contributed by atoms with Crippen LogP contribution in [0.3, 0.4) is 0 Å². The number of unbranched alkanes of at least 4 members (excludes halogenated alkanes) is 4. The molecule has 0 rings (SSSR count). The smallest absolute Gasteiger partial charge is 0.107 e. The molecule has 0 aromatic rings. The van der Waals surface area contributed by atoms with Crippen LogP contribution in [0.15, 0.2) is 0 Å². The van der Waals surface area contributed by atoms with Gasteiger partial charge < -0.3 is 0 Å². The summed E-state index contributed by atoms with van der Waals surface area (Å²) in [6, 6.07) is 0. The summed E-state index contributed by atoms with van der Waals surface area (Å²) in [5.74, 6) is 0. The van der Waals surface area contributed by atoms with Crippen LogP contribution in [0.2, 0.25) is 0 Å². The van der Waals surface area contributed by atoms with Gasteiger partial charge in [0, 0.05) is 0 Å². The molecule has 0 aromatic carbocycles. The summed E-state index contributed by atoms with van der Waals surface area (Å²) in [6.45, 7) is 2.21. The van der Waals surface area contributed by atoms with Gasteiger partial charge >= 0.3 is 0 Å². The summed E-state index contributed by atoms with van der Waals surface area (Å²) < 4.78 is 0. The Hall–Kier alpha value is 1.74. The van der Waals surface area contributed by atoms with Crippen molar-refractivity contribution in [2.45, 2.75) is 50.3 Å². The molecule has 16 heavy (non-hydrogen) atoms. The van der Waals surface area contributed by atoms with E-state index in [2.05, 4.69) is 6.92 Å². The minimum atomic E-state index is -0.151. The Morgan fingerprint density at radius 3 is 1.44 bits per heavy atom. The second-order valence-corrected chi connectivity index (χ2v) is 5.69. The summed E-state index contributed by atoms with van der Waals surface area (Å²) in [4.78, 5) is -0.151. The standard InChI is InChI=1S/C8H16Cl2.2CH2Cl2/c1-2-3-4-5-6-7-8(9)10;2*2-1-3/h8H,2-7H2,1H3;2*1H2. The second-order valence-electron chi connectivity index (χ2n) is 2.80. The van der Waals surface area contributed by atoms with Crippen molar-refractivity contribution >= 4 is 69.6 Å². The topological polar surface area (TPSA) is 0 Å². The lowest BCUT2D eigenvalue weighted by Crippen LogP contribution is -1.86. The van der Waals surface area contributed by atoms with Crippen molar-refractivity contribution in [3.8, 4) is 0 Å². The van der Waals surface area contributed by atoms with Gasteiger partial charge in [-0.15, -0.1) is 69.6 Å². The van der Waals surface area contributed by atoms with Crippen molar-refractivity contribution in [3.63, 3.8) is 0 Å². The van der Waals surface area contributed by atoms with E-state index in [-0.39, 0.29) is 15.5 Å². The Morgan fingerprint density at radius 2 is 1.12 bits per heavy atom. The average Bonchev–Trinajstić information content (AvgIpc) is 2.19. The zero-order valence-electron chi connectivity index (χ0n) is 9.50. The molecule has 0 N–H and O–H groups in total. The highest BCUT2D eigenvalue weighted by molar-refractivity contribution is 6.44. The van der Waals surface area contributed by atoms with Crippen LogP contribution in [0.4, 0.5) is 0 Å². The van der Waals surface area contributed by atoms with Gasteiger partial charge in [-0.25, -0.2) is 0 Å². The number of hydrogen-bond acceptors (Lipinski definition) is 0. The van der Waals surface area contributed by atoms with E-state index in [1.807, 2.05) is 0 Å². The molecule has 6 heteroatoms. The van der Waals surface area contributed by atoms with Crippen molar-refractivity contribution in [2.75, 3.05) is 10.7 Å². The molecule has 0 aliphatic heterocycles. The van der Waals surface area contributed by atoms with E-state index >= 15 is 0 Å². The van der Waals surface area contributed by atoms with Gasteiger partial charge in [0.2, 0.25) is 0 Å². The van der Waals surface area contributed by atoms with Gasteiger partial charge in [-0.3, -0.25) is 0 Å². The maximum absolute atomic E-state index is 5.56. The third kappa shape index (κ3) is 44.8. The van der Waals surface area contributed by atoms with Crippen LogP contribution < -0.4 is 0 Å². The third-order valence-corrected chi connectivity index (χ3v) is 1.96. The summed E-state index contributed by atoms with van der Waals surface area (Å²) >= 11 is 30.2. The number of rotatable bonds is 6.